The van der Waals surface area contributed by atoms with Gasteiger partial charge in [0, 0.05) is 24.5 Å². The van der Waals surface area contributed by atoms with Gasteiger partial charge in [0.05, 0.1) is 6.42 Å². The van der Waals surface area contributed by atoms with Gasteiger partial charge in [-0.2, -0.15) is 4.58 Å². The molecule has 0 unspecified atom stereocenters. The average Bonchev–Trinajstić information content (AvgIpc) is 2.74. The number of hydrogen-bond donors (Lipinski definition) is 0. The molecule has 1 aromatic carbocycles. The maximum atomic E-state index is 2.54. The van der Waals surface area contributed by atoms with Crippen molar-refractivity contribution in [2.24, 2.45) is 0 Å². The van der Waals surface area contributed by atoms with E-state index in [1.54, 1.807) is 0 Å². The van der Waals surface area contributed by atoms with E-state index in [1.807, 2.05) is 0 Å². The summed E-state index contributed by atoms with van der Waals surface area (Å²) in [6, 6.07) is 9.62. The first-order valence-corrected chi connectivity index (χ1v) is 6.15. The molecule has 78 valence electrons. The van der Waals surface area contributed by atoms with Gasteiger partial charge in [-0.05, 0) is 12.8 Å². The van der Waals surface area contributed by atoms with Crippen molar-refractivity contribution in [2.45, 2.75) is 44.6 Å². The van der Waals surface area contributed by atoms with Gasteiger partial charge in [-0.25, -0.2) is 0 Å². The van der Waals surface area contributed by atoms with Crippen molar-refractivity contribution in [3.05, 3.63) is 29.8 Å². The first-order valence-electron chi connectivity index (χ1n) is 6.15. The number of nitrogens with zero attached hydrogens (tertiary/aromatic N) is 1. The Labute approximate surface area is 91.4 Å². The van der Waals surface area contributed by atoms with Crippen LogP contribution in [0.2, 0.25) is 0 Å². The van der Waals surface area contributed by atoms with E-state index in [9.17, 15) is 0 Å². The molecule has 1 heterocycles. The zero-order valence-corrected chi connectivity index (χ0v) is 9.15. The van der Waals surface area contributed by atoms with Crippen molar-refractivity contribution in [1.29, 1.82) is 0 Å². The molecule has 0 spiro atoms. The first kappa shape index (κ1) is 9.14. The molecule has 1 fully saturated rings. The predicted molar refractivity (Wildman–Crippen MR) is 63.0 cm³/mol. The largest absolute Gasteiger partial charge is 0.208 e. The molecule has 1 aliphatic carbocycles. The lowest BCUT2D eigenvalue weighted by molar-refractivity contribution is -0.482. The van der Waals surface area contributed by atoms with Gasteiger partial charge in [-0.1, -0.05) is 24.6 Å². The van der Waals surface area contributed by atoms with Crippen molar-refractivity contribution in [3.8, 4) is 0 Å². The fourth-order valence-electron chi connectivity index (χ4n) is 2.94. The van der Waals surface area contributed by atoms with Gasteiger partial charge in [0.15, 0.2) is 12.3 Å². The summed E-state index contributed by atoms with van der Waals surface area (Å²) in [6.07, 6.45) is 10.5. The van der Waals surface area contributed by atoms with Crippen LogP contribution in [0, 0.1) is 0 Å². The standard InChI is InChI=1S/C14H18N/c1-2-7-13(8-3-1)15-11-10-12-6-4-5-9-14(12)15/h4-6,9,11,13H,1-3,7-8,10H2/q+1. The number of para-hydroxylation sites is 1. The summed E-state index contributed by atoms with van der Waals surface area (Å²) in [7, 11) is 0. The molecule has 0 amide bonds. The lowest BCUT2D eigenvalue weighted by Gasteiger charge is -2.18. The Kier molecular flexibility index (Phi) is 2.32. The van der Waals surface area contributed by atoms with E-state index in [1.165, 1.54) is 43.4 Å². The quantitative estimate of drug-likeness (QED) is 0.612. The van der Waals surface area contributed by atoms with Crippen LogP contribution in [0.15, 0.2) is 24.3 Å². The van der Waals surface area contributed by atoms with Gasteiger partial charge in [-0.3, -0.25) is 0 Å². The van der Waals surface area contributed by atoms with Gasteiger partial charge in [0.2, 0.25) is 5.69 Å². The number of hydrogen-bond acceptors (Lipinski definition) is 0. The predicted octanol–water partition coefficient (Wildman–Crippen LogP) is 3.29. The van der Waals surface area contributed by atoms with Crippen molar-refractivity contribution in [2.75, 3.05) is 0 Å². The summed E-state index contributed by atoms with van der Waals surface area (Å²) < 4.78 is 2.54. The van der Waals surface area contributed by atoms with Crippen LogP contribution < -0.4 is 0 Å². The average molecular weight is 200 g/mol. The van der Waals surface area contributed by atoms with E-state index in [0.717, 1.165) is 12.5 Å². The zero-order valence-electron chi connectivity index (χ0n) is 9.15. The highest BCUT2D eigenvalue weighted by molar-refractivity contribution is 5.67. The molecular formula is C14H18N+. The molecule has 0 atom stereocenters. The minimum atomic E-state index is 0.780. The molecule has 1 heteroatoms. The lowest BCUT2D eigenvalue weighted by atomic mass is 9.95. The monoisotopic (exact) mass is 200 g/mol. The molecule has 1 saturated carbocycles. The Bertz CT molecular complexity index is 386. The van der Waals surface area contributed by atoms with E-state index in [-0.39, 0.29) is 0 Å². The van der Waals surface area contributed by atoms with E-state index < -0.39 is 0 Å². The van der Waals surface area contributed by atoms with E-state index in [0.29, 0.717) is 0 Å². The van der Waals surface area contributed by atoms with Crippen molar-refractivity contribution >= 4 is 11.9 Å². The highest BCUT2D eigenvalue weighted by Crippen LogP contribution is 2.30. The van der Waals surface area contributed by atoms with Crippen LogP contribution in [0.4, 0.5) is 5.69 Å². The van der Waals surface area contributed by atoms with Crippen LogP contribution in [0.5, 0.6) is 0 Å². The maximum Gasteiger partial charge on any atom is 0.208 e. The summed E-state index contributed by atoms with van der Waals surface area (Å²) >= 11 is 0. The summed E-state index contributed by atoms with van der Waals surface area (Å²) in [5, 5.41) is 0. The minimum Gasteiger partial charge on any atom is -0.199 e. The summed E-state index contributed by atoms with van der Waals surface area (Å²) in [5.74, 6) is 0. The second kappa shape index (κ2) is 3.80. The van der Waals surface area contributed by atoms with Crippen LogP contribution in [-0.4, -0.2) is 16.8 Å². The van der Waals surface area contributed by atoms with Crippen LogP contribution in [0.3, 0.4) is 0 Å². The van der Waals surface area contributed by atoms with Crippen molar-refractivity contribution in [1.82, 2.24) is 0 Å². The molecule has 2 aliphatic rings. The molecule has 0 bridgehead atoms. The normalized spacial score (nSPS) is 21.2. The van der Waals surface area contributed by atoms with Crippen molar-refractivity contribution in [3.63, 3.8) is 0 Å². The smallest absolute Gasteiger partial charge is 0.199 e. The molecule has 15 heavy (non-hydrogen) atoms. The molecule has 0 aromatic heterocycles. The molecule has 0 saturated heterocycles. The van der Waals surface area contributed by atoms with Gasteiger partial charge in [0.1, 0.15) is 0 Å². The highest BCUT2D eigenvalue weighted by Gasteiger charge is 2.29. The number of fused-ring (bicyclic) bond motifs is 1. The van der Waals surface area contributed by atoms with E-state index in [2.05, 4.69) is 35.1 Å². The van der Waals surface area contributed by atoms with Crippen molar-refractivity contribution < 1.29 is 4.58 Å². The fraction of sp³-hybridized carbons (Fsp3) is 0.500. The SMILES string of the molecule is C1=[N+](C2CCCCC2)c2ccccc2C1. The lowest BCUT2D eigenvalue weighted by Crippen LogP contribution is -2.24. The first-order chi connectivity index (χ1) is 7.45. The van der Waals surface area contributed by atoms with Crippen LogP contribution in [0.1, 0.15) is 37.7 Å². The molecule has 3 rings (SSSR count). The Balaban J connectivity index is 1.89. The third-order valence-electron chi connectivity index (χ3n) is 3.75. The second-order valence-corrected chi connectivity index (χ2v) is 4.71. The van der Waals surface area contributed by atoms with Crippen LogP contribution in [0.25, 0.3) is 0 Å². The highest BCUT2D eigenvalue weighted by atomic mass is 15.1. The topological polar surface area (TPSA) is 3.01 Å². The Hall–Kier alpha value is -1.11. The van der Waals surface area contributed by atoms with Gasteiger partial charge < -0.3 is 0 Å². The number of benzene rings is 1. The summed E-state index contributed by atoms with van der Waals surface area (Å²) in [6.45, 7) is 0. The van der Waals surface area contributed by atoms with E-state index in [4.69, 9.17) is 0 Å². The zero-order chi connectivity index (χ0) is 10.1. The Morgan fingerprint density at radius 3 is 2.67 bits per heavy atom. The van der Waals surface area contributed by atoms with E-state index >= 15 is 0 Å². The molecule has 0 N–H and O–H groups in total. The second-order valence-electron chi connectivity index (χ2n) is 4.71. The molecule has 1 nitrogen and oxygen atoms in total. The third kappa shape index (κ3) is 1.60. The molecule has 1 aliphatic heterocycles. The summed E-state index contributed by atoms with van der Waals surface area (Å²) in [4.78, 5) is 0. The third-order valence-corrected chi connectivity index (χ3v) is 3.75. The number of rotatable bonds is 1. The van der Waals surface area contributed by atoms with Gasteiger partial charge >= 0.3 is 0 Å². The Morgan fingerprint density at radius 1 is 1.00 bits per heavy atom. The van der Waals surface area contributed by atoms with Gasteiger partial charge in [-0.15, -0.1) is 0 Å². The maximum absolute atomic E-state index is 2.54. The van der Waals surface area contributed by atoms with Crippen LogP contribution >= 0.6 is 0 Å². The molecule has 1 aromatic rings. The van der Waals surface area contributed by atoms with Crippen LogP contribution in [-0.2, 0) is 6.42 Å². The minimum absolute atomic E-state index is 0.780. The molecular weight excluding hydrogens is 182 g/mol. The summed E-state index contributed by atoms with van der Waals surface area (Å²) in [5.41, 5.74) is 2.97. The fourth-order valence-corrected chi connectivity index (χ4v) is 2.94. The Morgan fingerprint density at radius 2 is 1.80 bits per heavy atom. The van der Waals surface area contributed by atoms with Gasteiger partial charge in [0.25, 0.3) is 0 Å². The molecule has 0 radical (unpaired) electrons.